The van der Waals surface area contributed by atoms with Crippen molar-refractivity contribution in [1.82, 2.24) is 9.55 Å². The van der Waals surface area contributed by atoms with Gasteiger partial charge in [-0.15, -0.1) is 0 Å². The minimum Gasteiger partial charge on any atom is -0.385 e. The van der Waals surface area contributed by atoms with Crippen molar-refractivity contribution in [3.8, 4) is 0 Å². The van der Waals surface area contributed by atoms with E-state index in [0.717, 1.165) is 24.4 Å². The number of rotatable bonds is 10. The molecule has 14 heteroatoms. The average Bonchev–Trinajstić information content (AvgIpc) is 3.25. The summed E-state index contributed by atoms with van der Waals surface area (Å²) in [7, 11) is 0. The molecule has 0 spiro atoms. The van der Waals surface area contributed by atoms with E-state index in [1.165, 1.54) is 24.3 Å². The maximum Gasteiger partial charge on any atom is 0.330 e. The van der Waals surface area contributed by atoms with Gasteiger partial charge in [-0.3, -0.25) is 43.1 Å². The number of Topliss-reactive ketones (excluding diaryl/α,β-unsaturated/α-hetero) is 2. The number of carbonyl (C=O) groups is 6. The lowest BCUT2D eigenvalue weighted by molar-refractivity contribution is -0.0924. The summed E-state index contributed by atoms with van der Waals surface area (Å²) in [5.74, 6) is -2.78. The number of H-pyrrole nitrogens is 1. The second kappa shape index (κ2) is 11.2. The Hall–Kier alpha value is -5.02. The summed E-state index contributed by atoms with van der Waals surface area (Å²) in [6, 6.07) is 7.79. The lowest BCUT2D eigenvalue weighted by atomic mass is 9.79. The Labute approximate surface area is 228 Å². The van der Waals surface area contributed by atoms with Crippen LogP contribution in [0.1, 0.15) is 68.4 Å². The lowest BCUT2D eigenvalue weighted by Crippen LogP contribution is -2.59. The Bertz CT molecular complexity index is 1710. The fraction of sp³-hybridized carbons (Fsp3) is 0.185. The van der Waals surface area contributed by atoms with Gasteiger partial charge in [-0.05, 0) is 0 Å². The second-order valence-electron chi connectivity index (χ2n) is 8.96. The number of aliphatic hydroxyl groups excluding tert-OH is 2. The first kappa shape index (κ1) is 29.0. The van der Waals surface area contributed by atoms with E-state index < -0.39 is 75.2 Å². The van der Waals surface area contributed by atoms with Crippen molar-refractivity contribution in [2.75, 3.05) is 0 Å². The van der Waals surface area contributed by atoms with Crippen LogP contribution in [-0.4, -0.2) is 85.5 Å². The van der Waals surface area contributed by atoms with Gasteiger partial charge >= 0.3 is 5.69 Å². The number of ether oxygens (including phenoxy) is 1. The zero-order valence-electron chi connectivity index (χ0n) is 20.7. The van der Waals surface area contributed by atoms with Gasteiger partial charge in [-0.1, -0.05) is 36.4 Å². The molecule has 14 nitrogen and oxygen atoms in total. The fourth-order valence-corrected chi connectivity index (χ4v) is 4.70. The number of ketones is 2. The van der Waals surface area contributed by atoms with Crippen molar-refractivity contribution in [1.29, 1.82) is 0 Å². The van der Waals surface area contributed by atoms with E-state index in [-0.39, 0.29) is 36.3 Å². The number of aliphatic hydroxyl groups is 3. The van der Waals surface area contributed by atoms with Crippen LogP contribution in [0.3, 0.4) is 0 Å². The highest BCUT2D eigenvalue weighted by Gasteiger charge is 2.64. The van der Waals surface area contributed by atoms with E-state index in [1.54, 1.807) is 0 Å². The van der Waals surface area contributed by atoms with E-state index in [4.69, 9.17) is 4.74 Å². The third-order valence-electron chi connectivity index (χ3n) is 6.76. The van der Waals surface area contributed by atoms with Gasteiger partial charge in [-0.25, -0.2) is 4.79 Å². The number of hydrogen-bond donors (Lipinski definition) is 4. The molecule has 0 radical (unpaired) electrons. The number of aromatic amines is 1. The summed E-state index contributed by atoms with van der Waals surface area (Å²) >= 11 is 0. The smallest absolute Gasteiger partial charge is 0.330 e. The van der Waals surface area contributed by atoms with Crippen molar-refractivity contribution in [3.05, 3.63) is 103 Å². The average molecular weight is 564 g/mol. The SMILES string of the molecule is O=Cc1cccc(C(=O)[C@@H](O)[C@H]2O[C@@H](n3ccc(=O)[nH]c3=O)[C@H](O)[C@@]2(O)C(=O)c2cccc(C=O)c2C=O)c1C=O. The summed E-state index contributed by atoms with van der Waals surface area (Å²) in [5.41, 5.74) is -7.73. The molecule has 1 aromatic heterocycles. The Balaban J connectivity index is 1.90. The molecule has 5 atom stereocenters. The van der Waals surface area contributed by atoms with Gasteiger partial charge in [0.25, 0.3) is 5.56 Å². The summed E-state index contributed by atoms with van der Waals surface area (Å²) in [6.45, 7) is 0. The van der Waals surface area contributed by atoms with Gasteiger partial charge < -0.3 is 20.1 Å². The van der Waals surface area contributed by atoms with Crippen molar-refractivity contribution in [2.45, 2.75) is 30.1 Å². The first-order valence-electron chi connectivity index (χ1n) is 11.8. The minimum absolute atomic E-state index is 0.143. The van der Waals surface area contributed by atoms with Gasteiger partial charge in [0.2, 0.25) is 5.78 Å². The molecule has 0 unspecified atom stereocenters. The third-order valence-corrected chi connectivity index (χ3v) is 6.76. The van der Waals surface area contributed by atoms with Crippen LogP contribution in [-0.2, 0) is 4.74 Å². The quantitative estimate of drug-likeness (QED) is 0.170. The molecule has 0 aliphatic carbocycles. The fourth-order valence-electron chi connectivity index (χ4n) is 4.70. The molecule has 1 aliphatic heterocycles. The number of nitrogens with zero attached hydrogens (tertiary/aromatic N) is 1. The number of aromatic nitrogens is 2. The maximum atomic E-state index is 13.8. The molecule has 1 saturated heterocycles. The van der Waals surface area contributed by atoms with Gasteiger partial charge in [0.05, 0.1) is 0 Å². The molecule has 1 aliphatic rings. The predicted octanol–water partition coefficient (Wildman–Crippen LogP) is -1.10. The molecular formula is C27H20N2O12. The lowest BCUT2D eigenvalue weighted by Gasteiger charge is -2.32. The summed E-state index contributed by atoms with van der Waals surface area (Å²) in [5, 5.41) is 34.1. The van der Waals surface area contributed by atoms with Crippen LogP contribution in [0.2, 0.25) is 0 Å². The van der Waals surface area contributed by atoms with E-state index in [9.17, 15) is 53.7 Å². The first-order valence-corrected chi connectivity index (χ1v) is 11.8. The second-order valence-corrected chi connectivity index (χ2v) is 8.96. The molecular weight excluding hydrogens is 544 g/mol. The normalized spacial score (nSPS) is 22.5. The van der Waals surface area contributed by atoms with Crippen molar-refractivity contribution >= 4 is 36.7 Å². The van der Waals surface area contributed by atoms with Crippen LogP contribution in [0.4, 0.5) is 0 Å². The van der Waals surface area contributed by atoms with Gasteiger partial charge in [0.15, 0.2) is 42.8 Å². The van der Waals surface area contributed by atoms with E-state index in [0.29, 0.717) is 4.57 Å². The molecule has 41 heavy (non-hydrogen) atoms. The Kier molecular flexibility index (Phi) is 7.93. The largest absolute Gasteiger partial charge is 0.385 e. The molecule has 4 N–H and O–H groups in total. The highest BCUT2D eigenvalue weighted by Crippen LogP contribution is 2.41. The monoisotopic (exact) mass is 564 g/mol. The zero-order valence-corrected chi connectivity index (χ0v) is 20.7. The van der Waals surface area contributed by atoms with Gasteiger partial charge in [0.1, 0.15) is 18.3 Å². The zero-order chi connectivity index (χ0) is 30.1. The Morgan fingerprint density at radius 1 is 0.902 bits per heavy atom. The molecule has 0 bridgehead atoms. The predicted molar refractivity (Wildman–Crippen MR) is 135 cm³/mol. The summed E-state index contributed by atoms with van der Waals surface area (Å²) < 4.78 is 6.11. The number of aldehydes is 4. The molecule has 0 amide bonds. The Morgan fingerprint density at radius 3 is 2.00 bits per heavy atom. The number of hydrogen-bond acceptors (Lipinski definition) is 12. The first-order chi connectivity index (χ1) is 19.5. The van der Waals surface area contributed by atoms with Gasteiger partial charge in [-0.2, -0.15) is 0 Å². The number of nitrogens with one attached hydrogen (secondary N) is 1. The molecule has 0 saturated carbocycles. The van der Waals surface area contributed by atoms with Crippen LogP contribution >= 0.6 is 0 Å². The van der Waals surface area contributed by atoms with E-state index in [1.807, 2.05) is 4.98 Å². The standard InChI is InChI=1S/C27H20N2O12/c30-9-13-3-1-5-15(17(13)11-32)20(35)21(36)24-27(40,22(37)16-6-2-4-14(10-31)18(16)12-33)23(38)25(41-24)29-8-7-19(34)28-26(29)39/h1-12,21,23-25,36,38,40H,(H,28,34,39)/t21-,23+,24-,25-,27+/m1/s1. The summed E-state index contributed by atoms with van der Waals surface area (Å²) in [4.78, 5) is 99.3. The highest BCUT2D eigenvalue weighted by molar-refractivity contribution is 6.12. The molecule has 4 rings (SSSR count). The molecule has 2 aromatic carbocycles. The van der Waals surface area contributed by atoms with Crippen molar-refractivity contribution in [3.63, 3.8) is 0 Å². The van der Waals surface area contributed by atoms with Crippen LogP contribution in [0.5, 0.6) is 0 Å². The van der Waals surface area contributed by atoms with Crippen LogP contribution in [0, 0.1) is 0 Å². The number of benzene rings is 2. The molecule has 1 fully saturated rings. The molecule has 210 valence electrons. The van der Waals surface area contributed by atoms with E-state index >= 15 is 0 Å². The van der Waals surface area contributed by atoms with Crippen LogP contribution in [0.15, 0.2) is 58.3 Å². The molecule has 2 heterocycles. The third kappa shape index (κ3) is 4.70. The highest BCUT2D eigenvalue weighted by atomic mass is 16.6. The van der Waals surface area contributed by atoms with Crippen LogP contribution in [0.25, 0.3) is 0 Å². The Morgan fingerprint density at radius 2 is 1.46 bits per heavy atom. The maximum absolute atomic E-state index is 13.8. The van der Waals surface area contributed by atoms with Crippen molar-refractivity contribution < 1.29 is 48.8 Å². The van der Waals surface area contributed by atoms with Gasteiger partial charge in [0, 0.05) is 45.6 Å². The van der Waals surface area contributed by atoms with Crippen molar-refractivity contribution in [2.24, 2.45) is 0 Å². The van der Waals surface area contributed by atoms with E-state index in [2.05, 4.69) is 0 Å². The topological polar surface area (TPSA) is 227 Å². The minimum atomic E-state index is -3.27. The summed E-state index contributed by atoms with van der Waals surface area (Å²) in [6.07, 6.45) is -7.57. The number of carbonyl (C=O) groups excluding carboxylic acids is 6. The van der Waals surface area contributed by atoms with Crippen LogP contribution < -0.4 is 11.2 Å². The molecule has 3 aromatic rings.